The van der Waals surface area contributed by atoms with Gasteiger partial charge in [-0.3, -0.25) is 4.79 Å². The SMILES string of the molecule is O=C(O)C1(c2cc3c(cc2O)OCO3)CC1. The van der Waals surface area contributed by atoms with E-state index in [1.54, 1.807) is 6.07 Å². The first-order valence-corrected chi connectivity index (χ1v) is 5.00. The molecule has 1 aliphatic heterocycles. The monoisotopic (exact) mass is 222 g/mol. The average molecular weight is 222 g/mol. The van der Waals surface area contributed by atoms with Gasteiger partial charge >= 0.3 is 5.97 Å². The molecule has 1 aromatic rings. The van der Waals surface area contributed by atoms with Crippen LogP contribution in [0.15, 0.2) is 12.1 Å². The molecule has 1 aliphatic carbocycles. The Balaban J connectivity index is 2.12. The molecule has 1 saturated carbocycles. The summed E-state index contributed by atoms with van der Waals surface area (Å²) in [7, 11) is 0. The van der Waals surface area contributed by atoms with Crippen molar-refractivity contribution >= 4 is 5.97 Å². The molecule has 0 unspecified atom stereocenters. The number of phenols is 1. The molecule has 5 heteroatoms. The summed E-state index contributed by atoms with van der Waals surface area (Å²) >= 11 is 0. The lowest BCUT2D eigenvalue weighted by Crippen LogP contribution is -2.19. The number of aliphatic carboxylic acids is 1. The number of rotatable bonds is 2. The molecule has 0 aromatic heterocycles. The third-order valence-corrected chi connectivity index (χ3v) is 3.17. The lowest BCUT2D eigenvalue weighted by atomic mass is 9.95. The third-order valence-electron chi connectivity index (χ3n) is 3.17. The van der Waals surface area contributed by atoms with Crippen LogP contribution in [0.25, 0.3) is 0 Å². The van der Waals surface area contributed by atoms with Crippen LogP contribution in [0.2, 0.25) is 0 Å². The molecular formula is C11H10O5. The van der Waals surface area contributed by atoms with Crippen LogP contribution < -0.4 is 9.47 Å². The molecule has 1 aromatic carbocycles. The van der Waals surface area contributed by atoms with Gasteiger partial charge in [-0.15, -0.1) is 0 Å². The van der Waals surface area contributed by atoms with Crippen LogP contribution in [0.4, 0.5) is 0 Å². The van der Waals surface area contributed by atoms with E-state index in [0.29, 0.717) is 29.9 Å². The summed E-state index contributed by atoms with van der Waals surface area (Å²) in [4.78, 5) is 11.2. The topological polar surface area (TPSA) is 76.0 Å². The summed E-state index contributed by atoms with van der Waals surface area (Å²) in [5, 5.41) is 18.9. The highest BCUT2D eigenvalue weighted by Gasteiger charge is 2.53. The Morgan fingerprint density at radius 3 is 2.44 bits per heavy atom. The number of fused-ring (bicyclic) bond motifs is 1. The zero-order chi connectivity index (χ0) is 11.3. The molecule has 16 heavy (non-hydrogen) atoms. The summed E-state index contributed by atoms with van der Waals surface area (Å²) in [6.45, 7) is 0.109. The van der Waals surface area contributed by atoms with Gasteiger partial charge in [0.25, 0.3) is 0 Å². The predicted molar refractivity (Wildman–Crippen MR) is 52.8 cm³/mol. The summed E-state index contributed by atoms with van der Waals surface area (Å²) in [5.41, 5.74) is -0.505. The molecule has 5 nitrogen and oxygen atoms in total. The lowest BCUT2D eigenvalue weighted by Gasteiger charge is -2.12. The Kier molecular flexibility index (Phi) is 1.64. The van der Waals surface area contributed by atoms with Crippen LogP contribution in [-0.4, -0.2) is 23.0 Å². The number of phenolic OH excluding ortho intramolecular Hbond substituents is 1. The highest BCUT2D eigenvalue weighted by Crippen LogP contribution is 2.53. The van der Waals surface area contributed by atoms with Crippen molar-refractivity contribution in [2.75, 3.05) is 6.79 Å². The molecule has 1 heterocycles. The van der Waals surface area contributed by atoms with E-state index in [1.807, 2.05) is 0 Å². The van der Waals surface area contributed by atoms with E-state index in [4.69, 9.17) is 14.6 Å². The first-order valence-electron chi connectivity index (χ1n) is 5.00. The lowest BCUT2D eigenvalue weighted by molar-refractivity contribution is -0.140. The Bertz CT molecular complexity index is 476. The molecule has 84 valence electrons. The Labute approximate surface area is 91.2 Å². The fourth-order valence-electron chi connectivity index (χ4n) is 2.04. The van der Waals surface area contributed by atoms with Crippen molar-refractivity contribution in [2.45, 2.75) is 18.3 Å². The first-order chi connectivity index (χ1) is 7.63. The number of carbonyl (C=O) groups is 1. The van der Waals surface area contributed by atoms with Crippen molar-refractivity contribution < 1.29 is 24.5 Å². The van der Waals surface area contributed by atoms with Gasteiger partial charge < -0.3 is 19.7 Å². The first kappa shape index (κ1) is 9.33. The van der Waals surface area contributed by atoms with Gasteiger partial charge in [-0.1, -0.05) is 0 Å². The molecule has 0 radical (unpaired) electrons. The molecule has 2 N–H and O–H groups in total. The van der Waals surface area contributed by atoms with Crippen LogP contribution >= 0.6 is 0 Å². The Morgan fingerprint density at radius 2 is 1.88 bits per heavy atom. The molecule has 3 rings (SSSR count). The van der Waals surface area contributed by atoms with E-state index < -0.39 is 11.4 Å². The maximum absolute atomic E-state index is 11.2. The van der Waals surface area contributed by atoms with Crippen LogP contribution in [0, 0.1) is 0 Å². The molecule has 2 aliphatic rings. The van der Waals surface area contributed by atoms with Crippen molar-refractivity contribution in [3.8, 4) is 17.2 Å². The number of aromatic hydroxyl groups is 1. The fourth-order valence-corrected chi connectivity index (χ4v) is 2.04. The highest BCUT2D eigenvalue weighted by molar-refractivity contribution is 5.86. The van der Waals surface area contributed by atoms with Gasteiger partial charge in [-0.05, 0) is 18.9 Å². The molecule has 0 atom stereocenters. The van der Waals surface area contributed by atoms with E-state index in [2.05, 4.69) is 0 Å². The van der Waals surface area contributed by atoms with Crippen molar-refractivity contribution in [3.05, 3.63) is 17.7 Å². The largest absolute Gasteiger partial charge is 0.507 e. The standard InChI is InChI=1S/C11H10O5/c12-7-4-9-8(15-5-16-9)3-6(7)11(1-2-11)10(13)14/h3-4,12H,1-2,5H2,(H,13,14). The third kappa shape index (κ3) is 1.08. The normalized spacial score (nSPS) is 19.5. The van der Waals surface area contributed by atoms with Crippen molar-refractivity contribution in [1.82, 2.24) is 0 Å². The minimum Gasteiger partial charge on any atom is -0.507 e. The van der Waals surface area contributed by atoms with E-state index >= 15 is 0 Å². The maximum atomic E-state index is 11.2. The van der Waals surface area contributed by atoms with Gasteiger partial charge in [-0.25, -0.2) is 0 Å². The quantitative estimate of drug-likeness (QED) is 0.787. The predicted octanol–water partition coefficient (Wildman–Crippen LogP) is 1.24. The smallest absolute Gasteiger partial charge is 0.314 e. The van der Waals surface area contributed by atoms with E-state index in [-0.39, 0.29) is 12.5 Å². The van der Waals surface area contributed by atoms with Crippen molar-refractivity contribution in [2.24, 2.45) is 0 Å². The summed E-state index contributed by atoms with van der Waals surface area (Å²) in [6.07, 6.45) is 1.10. The molecule has 1 fully saturated rings. The van der Waals surface area contributed by atoms with Crippen molar-refractivity contribution in [3.63, 3.8) is 0 Å². The second-order valence-electron chi connectivity index (χ2n) is 4.11. The number of hydrogen-bond donors (Lipinski definition) is 2. The zero-order valence-electron chi connectivity index (χ0n) is 8.40. The Hall–Kier alpha value is -1.91. The number of benzene rings is 1. The van der Waals surface area contributed by atoms with E-state index in [0.717, 1.165) is 0 Å². The van der Waals surface area contributed by atoms with E-state index in [9.17, 15) is 9.90 Å². The van der Waals surface area contributed by atoms with E-state index in [1.165, 1.54) is 6.07 Å². The second kappa shape index (κ2) is 2.81. The highest BCUT2D eigenvalue weighted by atomic mass is 16.7. The summed E-state index contributed by atoms with van der Waals surface area (Å²) in [6, 6.07) is 2.99. The van der Waals surface area contributed by atoms with Gasteiger partial charge in [0.15, 0.2) is 11.5 Å². The minimum atomic E-state index is -0.926. The molecule has 0 bridgehead atoms. The number of hydrogen-bond acceptors (Lipinski definition) is 4. The molecular weight excluding hydrogens is 212 g/mol. The number of carboxylic acid groups (broad SMARTS) is 1. The molecule has 0 saturated heterocycles. The average Bonchev–Trinajstić information content (AvgIpc) is 2.92. The molecule has 0 amide bonds. The van der Waals surface area contributed by atoms with Crippen molar-refractivity contribution in [1.29, 1.82) is 0 Å². The van der Waals surface area contributed by atoms with Gasteiger partial charge in [0.1, 0.15) is 5.75 Å². The minimum absolute atomic E-state index is 0.0378. The second-order valence-corrected chi connectivity index (χ2v) is 4.11. The summed E-state index contributed by atoms with van der Waals surface area (Å²) in [5.74, 6) is 0.0218. The Morgan fingerprint density at radius 1 is 1.25 bits per heavy atom. The number of ether oxygens (including phenoxy) is 2. The van der Waals surface area contributed by atoms with Gasteiger partial charge in [0, 0.05) is 11.6 Å². The summed E-state index contributed by atoms with van der Waals surface area (Å²) < 4.78 is 10.3. The van der Waals surface area contributed by atoms with Crippen LogP contribution in [0.5, 0.6) is 17.2 Å². The van der Waals surface area contributed by atoms with Gasteiger partial charge in [-0.2, -0.15) is 0 Å². The number of carboxylic acids is 1. The zero-order valence-corrected chi connectivity index (χ0v) is 8.40. The van der Waals surface area contributed by atoms with Gasteiger partial charge in [0.05, 0.1) is 5.41 Å². The van der Waals surface area contributed by atoms with Crippen LogP contribution in [0.3, 0.4) is 0 Å². The van der Waals surface area contributed by atoms with Crippen LogP contribution in [0.1, 0.15) is 18.4 Å². The maximum Gasteiger partial charge on any atom is 0.314 e. The van der Waals surface area contributed by atoms with Gasteiger partial charge in [0.2, 0.25) is 6.79 Å². The molecule has 0 spiro atoms. The fraction of sp³-hybridized carbons (Fsp3) is 0.364. The van der Waals surface area contributed by atoms with Crippen LogP contribution in [-0.2, 0) is 10.2 Å².